The van der Waals surface area contributed by atoms with Crippen LogP contribution in [0.1, 0.15) is 19.8 Å². The predicted octanol–water partition coefficient (Wildman–Crippen LogP) is 1.48. The van der Waals surface area contributed by atoms with Crippen LogP contribution in [0.3, 0.4) is 0 Å². The van der Waals surface area contributed by atoms with Crippen LogP contribution < -0.4 is 10.1 Å². The van der Waals surface area contributed by atoms with Crippen LogP contribution in [0.2, 0.25) is 0 Å². The minimum absolute atomic E-state index is 0.0898. The average Bonchev–Trinajstić information content (AvgIpc) is 2.37. The van der Waals surface area contributed by atoms with E-state index >= 15 is 0 Å². The minimum Gasteiger partial charge on any atom is -0.495 e. The van der Waals surface area contributed by atoms with E-state index < -0.39 is 5.60 Å². The number of nitrogens with zero attached hydrogens (tertiary/aromatic N) is 1. The predicted molar refractivity (Wildman–Crippen MR) is 77.9 cm³/mol. The van der Waals surface area contributed by atoms with Crippen molar-refractivity contribution in [2.45, 2.75) is 25.4 Å². The summed E-state index contributed by atoms with van der Waals surface area (Å²) < 4.78 is 5.19. The van der Waals surface area contributed by atoms with E-state index in [0.29, 0.717) is 31.1 Å². The summed E-state index contributed by atoms with van der Waals surface area (Å²) in [5.74, 6) is 0.556. The summed E-state index contributed by atoms with van der Waals surface area (Å²) in [4.78, 5) is 13.9. The number of para-hydroxylation sites is 2. The van der Waals surface area contributed by atoms with E-state index in [4.69, 9.17) is 4.74 Å². The molecule has 1 saturated heterocycles. The maximum Gasteiger partial charge on any atom is 0.238 e. The first-order valence-electron chi connectivity index (χ1n) is 6.94. The number of amides is 1. The van der Waals surface area contributed by atoms with Crippen LogP contribution in [0.15, 0.2) is 24.3 Å². The third-order valence-electron chi connectivity index (χ3n) is 3.50. The number of anilines is 1. The number of aliphatic hydroxyl groups is 1. The highest BCUT2D eigenvalue weighted by atomic mass is 16.5. The van der Waals surface area contributed by atoms with Crippen molar-refractivity contribution in [2.24, 2.45) is 0 Å². The number of benzene rings is 1. The van der Waals surface area contributed by atoms with Gasteiger partial charge in [-0.2, -0.15) is 0 Å². The molecule has 0 aliphatic carbocycles. The van der Waals surface area contributed by atoms with Gasteiger partial charge in [0.05, 0.1) is 24.9 Å². The van der Waals surface area contributed by atoms with Crippen LogP contribution in [0.4, 0.5) is 5.69 Å². The van der Waals surface area contributed by atoms with E-state index in [1.54, 1.807) is 19.2 Å². The Bertz CT molecular complexity index is 470. The normalized spacial score (nSPS) is 17.4. The number of rotatable bonds is 6. The fourth-order valence-corrected chi connectivity index (χ4v) is 2.66. The molecule has 0 bridgehead atoms. The molecule has 1 aliphatic heterocycles. The minimum atomic E-state index is -0.598. The van der Waals surface area contributed by atoms with Gasteiger partial charge in [0.2, 0.25) is 5.91 Å². The van der Waals surface area contributed by atoms with Gasteiger partial charge in [-0.15, -0.1) is 0 Å². The Balaban J connectivity index is 1.82. The topological polar surface area (TPSA) is 61.8 Å². The van der Waals surface area contributed by atoms with Crippen molar-refractivity contribution < 1.29 is 14.6 Å². The van der Waals surface area contributed by atoms with Gasteiger partial charge in [-0.1, -0.05) is 25.5 Å². The first-order valence-corrected chi connectivity index (χ1v) is 6.94. The number of ether oxygens (including phenoxy) is 1. The van der Waals surface area contributed by atoms with Crippen molar-refractivity contribution >= 4 is 11.6 Å². The Morgan fingerprint density at radius 2 is 2.15 bits per heavy atom. The number of carbonyl (C=O) groups is 1. The molecule has 110 valence electrons. The van der Waals surface area contributed by atoms with E-state index in [1.165, 1.54) is 0 Å². The van der Waals surface area contributed by atoms with Crippen molar-refractivity contribution in [3.05, 3.63) is 24.3 Å². The second kappa shape index (κ2) is 6.24. The highest BCUT2D eigenvalue weighted by Gasteiger charge is 2.40. The Labute approximate surface area is 119 Å². The fraction of sp³-hybridized carbons (Fsp3) is 0.533. The number of likely N-dealkylation sites (tertiary alicyclic amines) is 1. The molecule has 0 spiro atoms. The maximum absolute atomic E-state index is 12.0. The molecule has 0 atom stereocenters. The molecule has 0 aromatic heterocycles. The molecule has 2 rings (SSSR count). The molecule has 20 heavy (non-hydrogen) atoms. The van der Waals surface area contributed by atoms with Gasteiger partial charge in [0.1, 0.15) is 5.75 Å². The van der Waals surface area contributed by atoms with Crippen molar-refractivity contribution in [3.8, 4) is 5.75 Å². The van der Waals surface area contributed by atoms with Gasteiger partial charge in [-0.05, 0) is 18.6 Å². The molecule has 1 fully saturated rings. The second-order valence-electron chi connectivity index (χ2n) is 5.37. The van der Waals surface area contributed by atoms with Crippen molar-refractivity contribution in [1.82, 2.24) is 4.90 Å². The monoisotopic (exact) mass is 278 g/mol. The lowest BCUT2D eigenvalue weighted by atomic mass is 9.89. The molecule has 0 unspecified atom stereocenters. The summed E-state index contributed by atoms with van der Waals surface area (Å²) in [5, 5.41) is 12.9. The molecule has 0 radical (unpaired) electrons. The number of hydrogen-bond donors (Lipinski definition) is 2. The summed E-state index contributed by atoms with van der Waals surface area (Å²) in [5.41, 5.74) is 0.0729. The van der Waals surface area contributed by atoms with E-state index in [1.807, 2.05) is 17.0 Å². The standard InChI is InChI=1S/C15H22N2O3/c1-3-8-15(19)10-17(11-15)9-14(18)16-12-6-4-5-7-13(12)20-2/h4-7,19H,3,8-11H2,1-2H3,(H,16,18). The van der Waals surface area contributed by atoms with E-state index in [0.717, 1.165) is 12.8 Å². The van der Waals surface area contributed by atoms with Gasteiger partial charge in [-0.25, -0.2) is 0 Å². The van der Waals surface area contributed by atoms with Gasteiger partial charge >= 0.3 is 0 Å². The Kier molecular flexibility index (Phi) is 4.62. The molecule has 1 heterocycles. The van der Waals surface area contributed by atoms with Crippen molar-refractivity contribution in [1.29, 1.82) is 0 Å². The van der Waals surface area contributed by atoms with Gasteiger partial charge in [0.15, 0.2) is 0 Å². The summed E-state index contributed by atoms with van der Waals surface area (Å²) >= 11 is 0. The lowest BCUT2D eigenvalue weighted by molar-refractivity contribution is -0.129. The molecule has 2 N–H and O–H groups in total. The number of β-amino-alcohol motifs (C(OH)–C–C–N with tert-alkyl or cyclic N) is 1. The fourth-order valence-electron chi connectivity index (χ4n) is 2.66. The Hall–Kier alpha value is -1.59. The summed E-state index contributed by atoms with van der Waals surface area (Å²) in [7, 11) is 1.57. The van der Waals surface area contributed by atoms with Crippen LogP contribution in [0.5, 0.6) is 5.75 Å². The van der Waals surface area contributed by atoms with Crippen LogP contribution >= 0.6 is 0 Å². The van der Waals surface area contributed by atoms with Gasteiger partial charge < -0.3 is 15.2 Å². The number of hydrogen-bond acceptors (Lipinski definition) is 4. The number of methoxy groups -OCH3 is 1. The largest absolute Gasteiger partial charge is 0.495 e. The first-order chi connectivity index (χ1) is 9.56. The lowest BCUT2D eigenvalue weighted by Gasteiger charge is -2.46. The van der Waals surface area contributed by atoms with E-state index in [9.17, 15) is 9.90 Å². The number of nitrogens with one attached hydrogen (secondary N) is 1. The average molecular weight is 278 g/mol. The smallest absolute Gasteiger partial charge is 0.238 e. The van der Waals surface area contributed by atoms with Crippen LogP contribution in [0, 0.1) is 0 Å². The van der Waals surface area contributed by atoms with Crippen molar-refractivity contribution in [2.75, 3.05) is 32.1 Å². The molecule has 1 amide bonds. The molecule has 1 aliphatic rings. The quantitative estimate of drug-likeness (QED) is 0.827. The molecular weight excluding hydrogens is 256 g/mol. The molecule has 1 aromatic carbocycles. The second-order valence-corrected chi connectivity index (χ2v) is 5.37. The summed E-state index contributed by atoms with van der Waals surface area (Å²) in [6, 6.07) is 7.32. The van der Waals surface area contributed by atoms with Gasteiger partial charge in [0, 0.05) is 13.1 Å². The van der Waals surface area contributed by atoms with Gasteiger partial charge in [0.25, 0.3) is 0 Å². The zero-order valence-corrected chi connectivity index (χ0v) is 12.1. The maximum atomic E-state index is 12.0. The van der Waals surface area contributed by atoms with Crippen molar-refractivity contribution in [3.63, 3.8) is 0 Å². The molecule has 5 nitrogen and oxygen atoms in total. The molecule has 5 heteroatoms. The Morgan fingerprint density at radius 1 is 1.45 bits per heavy atom. The molecular formula is C15H22N2O3. The lowest BCUT2D eigenvalue weighted by Crippen LogP contribution is -2.62. The van der Waals surface area contributed by atoms with E-state index in [2.05, 4.69) is 12.2 Å². The van der Waals surface area contributed by atoms with Crippen LogP contribution in [0.25, 0.3) is 0 Å². The third kappa shape index (κ3) is 3.49. The number of carbonyl (C=O) groups excluding carboxylic acids is 1. The highest BCUT2D eigenvalue weighted by Crippen LogP contribution is 2.26. The molecule has 1 aromatic rings. The third-order valence-corrected chi connectivity index (χ3v) is 3.50. The zero-order chi connectivity index (χ0) is 14.6. The molecule has 0 saturated carbocycles. The first kappa shape index (κ1) is 14.8. The Morgan fingerprint density at radius 3 is 2.80 bits per heavy atom. The summed E-state index contributed by atoms with van der Waals surface area (Å²) in [6.45, 7) is 3.49. The highest BCUT2D eigenvalue weighted by molar-refractivity contribution is 5.93. The van der Waals surface area contributed by atoms with E-state index in [-0.39, 0.29) is 5.91 Å². The zero-order valence-electron chi connectivity index (χ0n) is 12.1. The van der Waals surface area contributed by atoms with Gasteiger partial charge in [-0.3, -0.25) is 9.69 Å². The van der Waals surface area contributed by atoms with Crippen LogP contribution in [-0.2, 0) is 4.79 Å². The van der Waals surface area contributed by atoms with Crippen LogP contribution in [-0.4, -0.2) is 48.3 Å². The summed E-state index contributed by atoms with van der Waals surface area (Å²) in [6.07, 6.45) is 1.75. The SMILES string of the molecule is CCCC1(O)CN(CC(=O)Nc2ccccc2OC)C1.